The molecule has 2 aromatic heterocycles. The summed E-state index contributed by atoms with van der Waals surface area (Å²) in [6.45, 7) is 3.04. The smallest absolute Gasteiger partial charge is 0.320 e. The van der Waals surface area contributed by atoms with Crippen LogP contribution in [0.2, 0.25) is 0 Å². The Morgan fingerprint density at radius 1 is 1.29 bits per heavy atom. The average molecular weight is 462 g/mol. The maximum Gasteiger partial charge on any atom is 0.320 e. The van der Waals surface area contributed by atoms with Gasteiger partial charge in [-0.25, -0.2) is 19.2 Å². The van der Waals surface area contributed by atoms with E-state index in [4.69, 9.17) is 15.7 Å². The number of pyridine rings is 2. The number of amides is 2. The number of urea groups is 1. The Bertz CT molecular complexity index is 1340. The predicted molar refractivity (Wildman–Crippen MR) is 127 cm³/mol. The number of rotatable bonds is 3. The van der Waals surface area contributed by atoms with Crippen LogP contribution in [0.3, 0.4) is 0 Å². The number of ether oxygens (including phenoxy) is 1. The van der Waals surface area contributed by atoms with E-state index in [1.807, 2.05) is 6.92 Å². The first-order valence-corrected chi connectivity index (χ1v) is 11.2. The molecule has 0 saturated heterocycles. The summed E-state index contributed by atoms with van der Waals surface area (Å²) < 4.78 is 20.9. The minimum Gasteiger partial charge on any atom is -0.474 e. The van der Waals surface area contributed by atoms with Crippen LogP contribution in [0.5, 0.6) is 5.88 Å². The van der Waals surface area contributed by atoms with Crippen molar-refractivity contribution in [3.8, 4) is 23.1 Å². The molecule has 3 heterocycles. The summed E-state index contributed by atoms with van der Waals surface area (Å²) in [5.74, 6) is 0.227. The monoisotopic (exact) mass is 461 g/mol. The van der Waals surface area contributed by atoms with Crippen molar-refractivity contribution in [1.29, 1.82) is 5.26 Å². The van der Waals surface area contributed by atoms with Crippen molar-refractivity contribution >= 4 is 34.0 Å². The molecule has 1 saturated carbocycles. The lowest BCUT2D eigenvalue weighted by Gasteiger charge is -2.22. The number of hydrogen-bond donors (Lipinski definition) is 4. The van der Waals surface area contributed by atoms with E-state index >= 15 is 4.39 Å². The zero-order valence-corrected chi connectivity index (χ0v) is 18.6. The van der Waals surface area contributed by atoms with Crippen LogP contribution in [0.15, 0.2) is 24.5 Å². The van der Waals surface area contributed by atoms with Crippen LogP contribution in [0, 0.1) is 30.0 Å². The molecule has 1 aromatic carbocycles. The van der Waals surface area contributed by atoms with Gasteiger partial charge < -0.3 is 21.1 Å². The van der Waals surface area contributed by atoms with Crippen LogP contribution in [0.4, 0.5) is 26.4 Å². The molecule has 0 unspecified atom stereocenters. The number of nitrogen functional groups attached to an aromatic ring is 1. The number of nitrogens with zero attached hydrogens (tertiary/aromatic N) is 3. The molecule has 9 nitrogen and oxygen atoms in total. The first kappa shape index (κ1) is 21.7. The molecule has 5 rings (SSSR count). The molecule has 5 N–H and O–H groups in total. The number of anilines is 3. The second-order valence-corrected chi connectivity index (χ2v) is 8.63. The standard InChI is InChI=1S/C24H24FN7O2/c1-12-17(10-30-23-22(12)28-4-5-34-23)16-7-14-8-19(29-11-18(14)21(27)20(16)25)32-24(33)31-15-3-2-13(6-15)9-26/h7-8,10-11,13,15,28H,2-6,27H2,1H3,(H2,29,31,32,33)/t13-,15-/m1/s1. The molecule has 0 spiro atoms. The quantitative estimate of drug-likeness (QED) is 0.433. The number of hydrogen-bond acceptors (Lipinski definition) is 7. The van der Waals surface area contributed by atoms with Crippen molar-refractivity contribution in [2.75, 3.05) is 29.5 Å². The average Bonchev–Trinajstić information content (AvgIpc) is 3.29. The number of aromatic nitrogens is 2. The number of nitrogens with one attached hydrogen (secondary N) is 3. The summed E-state index contributed by atoms with van der Waals surface area (Å²) in [6.07, 6.45) is 5.21. The molecule has 34 heavy (non-hydrogen) atoms. The van der Waals surface area contributed by atoms with Crippen molar-refractivity contribution < 1.29 is 13.9 Å². The van der Waals surface area contributed by atoms with Gasteiger partial charge in [-0.1, -0.05) is 0 Å². The number of nitriles is 1. The van der Waals surface area contributed by atoms with Crippen LogP contribution in [-0.2, 0) is 0 Å². The van der Waals surface area contributed by atoms with E-state index in [1.54, 1.807) is 18.3 Å². The third-order valence-corrected chi connectivity index (χ3v) is 6.43. The zero-order valence-electron chi connectivity index (χ0n) is 18.6. The SMILES string of the molecule is Cc1c(-c2cc3cc(NC(=O)N[C@@H]4CC[C@@H](C#N)C4)ncc3c(N)c2F)cnc2c1NCCO2. The Morgan fingerprint density at radius 3 is 2.94 bits per heavy atom. The first-order chi connectivity index (χ1) is 16.4. The molecule has 1 aliphatic heterocycles. The molecule has 3 aromatic rings. The van der Waals surface area contributed by atoms with Crippen molar-refractivity contribution in [2.45, 2.75) is 32.2 Å². The molecule has 2 atom stereocenters. The number of halogens is 1. The van der Waals surface area contributed by atoms with E-state index in [2.05, 4.69) is 32.0 Å². The van der Waals surface area contributed by atoms with Crippen molar-refractivity contribution in [3.05, 3.63) is 35.9 Å². The maximum atomic E-state index is 15.3. The number of nitrogens with two attached hydrogens (primary N) is 1. The number of fused-ring (bicyclic) bond motifs is 2. The highest BCUT2D eigenvalue weighted by Gasteiger charge is 2.26. The number of carbonyl (C=O) groups is 1. The molecule has 10 heteroatoms. The Morgan fingerprint density at radius 2 is 2.15 bits per heavy atom. The van der Waals surface area contributed by atoms with Crippen LogP contribution in [-0.4, -0.2) is 35.2 Å². The van der Waals surface area contributed by atoms with Gasteiger partial charge in [0.15, 0.2) is 5.82 Å². The van der Waals surface area contributed by atoms with Gasteiger partial charge in [-0.3, -0.25) is 5.32 Å². The summed E-state index contributed by atoms with van der Waals surface area (Å²) in [5, 5.41) is 19.0. The third kappa shape index (κ3) is 3.90. The summed E-state index contributed by atoms with van der Waals surface area (Å²) in [5.41, 5.74) is 8.55. The van der Waals surface area contributed by atoms with Crippen molar-refractivity contribution in [1.82, 2.24) is 15.3 Å². The van der Waals surface area contributed by atoms with Gasteiger partial charge in [0.05, 0.1) is 11.8 Å². The van der Waals surface area contributed by atoms with Crippen LogP contribution in [0.25, 0.3) is 21.9 Å². The second kappa shape index (κ2) is 8.67. The summed E-state index contributed by atoms with van der Waals surface area (Å²) in [7, 11) is 0. The molecule has 1 aliphatic carbocycles. The molecular formula is C24H24FN7O2. The largest absolute Gasteiger partial charge is 0.474 e. The molecule has 1 fully saturated rings. The van der Waals surface area contributed by atoms with E-state index in [-0.39, 0.29) is 17.6 Å². The lowest BCUT2D eigenvalue weighted by Crippen LogP contribution is -2.36. The minimum atomic E-state index is -0.553. The van der Waals surface area contributed by atoms with Gasteiger partial charge in [0, 0.05) is 47.4 Å². The first-order valence-electron chi connectivity index (χ1n) is 11.2. The lowest BCUT2D eigenvalue weighted by atomic mass is 9.97. The zero-order chi connectivity index (χ0) is 23.8. The highest BCUT2D eigenvalue weighted by atomic mass is 19.1. The summed E-state index contributed by atoms with van der Waals surface area (Å²) in [6, 6.07) is 5.14. The van der Waals surface area contributed by atoms with E-state index < -0.39 is 11.8 Å². The number of benzene rings is 1. The van der Waals surface area contributed by atoms with Gasteiger partial charge in [-0.2, -0.15) is 5.26 Å². The molecular weight excluding hydrogens is 437 g/mol. The van der Waals surface area contributed by atoms with Gasteiger partial charge in [-0.05, 0) is 49.3 Å². The van der Waals surface area contributed by atoms with Crippen molar-refractivity contribution in [2.24, 2.45) is 5.92 Å². The minimum absolute atomic E-state index is 0.0224. The molecule has 2 aliphatic rings. The van der Waals surface area contributed by atoms with E-state index in [0.29, 0.717) is 53.2 Å². The highest BCUT2D eigenvalue weighted by Crippen LogP contribution is 2.39. The van der Waals surface area contributed by atoms with Gasteiger partial charge >= 0.3 is 6.03 Å². The Labute approximate surface area is 195 Å². The third-order valence-electron chi connectivity index (χ3n) is 6.43. The van der Waals surface area contributed by atoms with Crippen molar-refractivity contribution in [3.63, 3.8) is 0 Å². The fraction of sp³-hybridized carbons (Fsp3) is 0.333. The van der Waals surface area contributed by atoms with Gasteiger partial charge in [-0.15, -0.1) is 0 Å². The van der Waals surface area contributed by atoms with Gasteiger partial charge in [0.25, 0.3) is 0 Å². The Hall–Kier alpha value is -4.13. The fourth-order valence-electron chi connectivity index (χ4n) is 4.62. The summed E-state index contributed by atoms with van der Waals surface area (Å²) >= 11 is 0. The molecule has 0 radical (unpaired) electrons. The van der Waals surface area contributed by atoms with Gasteiger partial charge in [0.1, 0.15) is 18.1 Å². The topological polar surface area (TPSA) is 138 Å². The fourth-order valence-corrected chi connectivity index (χ4v) is 4.62. The second-order valence-electron chi connectivity index (χ2n) is 8.63. The Kier molecular flexibility index (Phi) is 5.53. The van der Waals surface area contributed by atoms with E-state index in [0.717, 1.165) is 24.1 Å². The molecule has 0 bridgehead atoms. The highest BCUT2D eigenvalue weighted by molar-refractivity contribution is 6.00. The van der Waals surface area contributed by atoms with Crippen LogP contribution >= 0.6 is 0 Å². The summed E-state index contributed by atoms with van der Waals surface area (Å²) in [4.78, 5) is 21.0. The molecule has 174 valence electrons. The van der Waals surface area contributed by atoms with E-state index in [9.17, 15) is 4.79 Å². The van der Waals surface area contributed by atoms with Crippen LogP contribution < -0.4 is 26.4 Å². The van der Waals surface area contributed by atoms with Gasteiger partial charge in [0.2, 0.25) is 5.88 Å². The maximum absolute atomic E-state index is 15.3. The van der Waals surface area contributed by atoms with E-state index in [1.165, 1.54) is 6.20 Å². The van der Waals surface area contributed by atoms with Crippen LogP contribution in [0.1, 0.15) is 24.8 Å². The normalized spacial score (nSPS) is 19.0. The Balaban J connectivity index is 1.45. The molecule has 2 amide bonds. The predicted octanol–water partition coefficient (Wildman–Crippen LogP) is 3.94. The number of carbonyl (C=O) groups excluding carboxylic acids is 1. The lowest BCUT2D eigenvalue weighted by molar-refractivity contribution is 0.248.